The fourth-order valence-corrected chi connectivity index (χ4v) is 9.92. The van der Waals surface area contributed by atoms with E-state index in [-0.39, 0.29) is 0 Å². The summed E-state index contributed by atoms with van der Waals surface area (Å²) in [6.45, 7) is -0.568. The van der Waals surface area contributed by atoms with Crippen LogP contribution in [-0.2, 0) is 0 Å². The standard InChI is InChI=1S/C51H29BN6O2/c1-7-19-38-30(13-1)31-14-2-8-20-39(31)56(38)46-27-44-37(29-54-46)52-48-45(59-44)28-47(57-40-21-9-3-15-32(40)33-16-4-10-22-41(33)57)55-49(48)36-25-26-53-51(50(36)60-52)58-42-23-11-5-17-34(42)35-18-6-12-24-43(35)58/h1-29H. The van der Waals surface area contributed by atoms with Crippen LogP contribution in [0, 0.1) is 0 Å². The maximum atomic E-state index is 7.30. The van der Waals surface area contributed by atoms with E-state index in [1.807, 2.05) is 24.5 Å². The predicted octanol–water partition coefficient (Wildman–Crippen LogP) is 10.4. The van der Waals surface area contributed by atoms with Gasteiger partial charge >= 0.3 is 6.92 Å². The molecule has 0 saturated heterocycles. The van der Waals surface area contributed by atoms with Gasteiger partial charge < -0.3 is 9.39 Å². The zero-order valence-electron chi connectivity index (χ0n) is 31.8. The normalized spacial score (nSPS) is 12.9. The Kier molecular flexibility index (Phi) is 6.22. The van der Waals surface area contributed by atoms with Crippen LogP contribution in [0.15, 0.2) is 176 Å². The molecule has 6 aromatic heterocycles. The van der Waals surface area contributed by atoms with Gasteiger partial charge in [0.25, 0.3) is 0 Å². The van der Waals surface area contributed by atoms with Gasteiger partial charge in [-0.05, 0) is 42.5 Å². The van der Waals surface area contributed by atoms with Crippen molar-refractivity contribution in [1.82, 2.24) is 28.7 Å². The van der Waals surface area contributed by atoms with Crippen molar-refractivity contribution >= 4 is 83.3 Å². The molecule has 0 amide bonds. The summed E-state index contributed by atoms with van der Waals surface area (Å²) in [7, 11) is 0. The molecule has 0 saturated carbocycles. The molecule has 0 N–H and O–H groups in total. The van der Waals surface area contributed by atoms with Crippen LogP contribution in [0.25, 0.3) is 94.1 Å². The molecule has 0 spiro atoms. The zero-order valence-corrected chi connectivity index (χ0v) is 31.8. The zero-order chi connectivity index (χ0) is 39.1. The molecule has 0 unspecified atom stereocenters. The highest BCUT2D eigenvalue weighted by atomic mass is 16.5. The molecular weight excluding hydrogens is 739 g/mol. The molecule has 14 rings (SSSR count). The molecule has 2 aliphatic heterocycles. The first-order chi connectivity index (χ1) is 29.8. The van der Waals surface area contributed by atoms with Crippen LogP contribution in [0.4, 0.5) is 0 Å². The van der Waals surface area contributed by atoms with E-state index in [0.717, 1.165) is 88.5 Å². The molecule has 0 aliphatic carbocycles. The van der Waals surface area contributed by atoms with Crippen molar-refractivity contribution in [1.29, 1.82) is 0 Å². The monoisotopic (exact) mass is 768 g/mol. The van der Waals surface area contributed by atoms with E-state index in [0.29, 0.717) is 23.1 Å². The van der Waals surface area contributed by atoms with Crippen LogP contribution >= 0.6 is 0 Å². The van der Waals surface area contributed by atoms with Crippen molar-refractivity contribution in [3.63, 3.8) is 0 Å². The van der Waals surface area contributed by atoms with Gasteiger partial charge in [-0.15, -0.1) is 0 Å². The molecule has 8 nitrogen and oxygen atoms in total. The summed E-state index contributed by atoms with van der Waals surface area (Å²) in [5.74, 6) is 4.23. The fourth-order valence-electron chi connectivity index (χ4n) is 9.92. The molecule has 6 aromatic carbocycles. The quantitative estimate of drug-likeness (QED) is 0.167. The number of hydrogen-bond acceptors (Lipinski definition) is 5. The molecule has 12 aromatic rings. The molecular formula is C51H29BN6O2. The Morgan fingerprint density at radius 3 is 1.42 bits per heavy atom. The molecule has 60 heavy (non-hydrogen) atoms. The second kappa shape index (κ2) is 11.7. The Bertz CT molecular complexity index is 3670. The molecule has 278 valence electrons. The minimum Gasteiger partial charge on any atom is -0.548 e. The molecule has 0 atom stereocenters. The number of fused-ring (bicyclic) bond motifs is 13. The Labute approximate surface area is 342 Å². The van der Waals surface area contributed by atoms with E-state index < -0.39 is 6.92 Å². The van der Waals surface area contributed by atoms with Crippen LogP contribution in [-0.4, -0.2) is 35.6 Å². The van der Waals surface area contributed by atoms with E-state index in [1.165, 1.54) is 10.8 Å². The first-order valence-corrected chi connectivity index (χ1v) is 20.1. The van der Waals surface area contributed by atoms with Crippen molar-refractivity contribution < 1.29 is 9.39 Å². The summed E-state index contributed by atoms with van der Waals surface area (Å²) in [5.41, 5.74) is 9.70. The van der Waals surface area contributed by atoms with Crippen LogP contribution in [0.1, 0.15) is 0 Å². The van der Waals surface area contributed by atoms with E-state index in [4.69, 9.17) is 24.3 Å². The van der Waals surface area contributed by atoms with Gasteiger partial charge in [0.2, 0.25) is 0 Å². The van der Waals surface area contributed by atoms with Crippen molar-refractivity contribution in [3.8, 4) is 46.0 Å². The average molecular weight is 769 g/mol. The number of para-hydroxylation sites is 6. The number of ether oxygens (including phenoxy) is 1. The number of aromatic nitrogens is 6. The Hall–Kier alpha value is -8.17. The Balaban J connectivity index is 1.05. The van der Waals surface area contributed by atoms with E-state index in [1.54, 1.807) is 0 Å². The smallest absolute Gasteiger partial charge is 0.438 e. The first kappa shape index (κ1) is 31.9. The summed E-state index contributed by atoms with van der Waals surface area (Å²) in [6, 6.07) is 57.0. The average Bonchev–Trinajstić information content (AvgIpc) is 3.95. The van der Waals surface area contributed by atoms with Gasteiger partial charge in [0.05, 0.1) is 38.8 Å². The summed E-state index contributed by atoms with van der Waals surface area (Å²) in [6.07, 6.45) is 3.77. The summed E-state index contributed by atoms with van der Waals surface area (Å²) in [4.78, 5) is 15.8. The third-order valence-corrected chi connectivity index (χ3v) is 12.4. The summed E-state index contributed by atoms with van der Waals surface area (Å²) >= 11 is 0. The SMILES string of the molecule is c1ccc2c(c1)c1ccccc1n2-c1cc2c(cn1)B1Oc3c(ccnc3-n3c4ccccc4c4ccccc43)-c3nc(-n4c5ccccc5c5ccccc54)cc(c31)O2. The fraction of sp³-hybridized carbons (Fsp3) is 0. The first-order valence-electron chi connectivity index (χ1n) is 20.1. The lowest BCUT2D eigenvalue weighted by molar-refractivity contribution is 0.477. The molecule has 2 aliphatic rings. The van der Waals surface area contributed by atoms with Gasteiger partial charge in [-0.3, -0.25) is 13.7 Å². The highest BCUT2D eigenvalue weighted by Gasteiger charge is 2.44. The number of hydrogen-bond donors (Lipinski definition) is 0. The van der Waals surface area contributed by atoms with Gasteiger partial charge in [-0.2, -0.15) is 0 Å². The van der Waals surface area contributed by atoms with Gasteiger partial charge in [0.15, 0.2) is 11.6 Å². The molecule has 0 bridgehead atoms. The summed E-state index contributed by atoms with van der Waals surface area (Å²) < 4.78 is 21.1. The lowest BCUT2D eigenvalue weighted by Gasteiger charge is -2.33. The maximum Gasteiger partial charge on any atom is 0.438 e. The van der Waals surface area contributed by atoms with Gasteiger partial charge in [0.1, 0.15) is 23.1 Å². The van der Waals surface area contributed by atoms with Gasteiger partial charge in [0, 0.05) is 73.3 Å². The minimum absolute atomic E-state index is 0.568. The van der Waals surface area contributed by atoms with E-state index in [9.17, 15) is 0 Å². The number of rotatable bonds is 3. The largest absolute Gasteiger partial charge is 0.548 e. The molecule has 8 heterocycles. The molecule has 9 heteroatoms. The second-order valence-electron chi connectivity index (χ2n) is 15.5. The Morgan fingerprint density at radius 1 is 0.450 bits per heavy atom. The minimum atomic E-state index is -0.568. The molecule has 0 fully saturated rings. The number of nitrogens with zero attached hydrogens (tertiary/aromatic N) is 6. The van der Waals surface area contributed by atoms with Crippen LogP contribution < -0.4 is 20.3 Å². The maximum absolute atomic E-state index is 7.30. The number of benzene rings is 6. The molecule has 0 radical (unpaired) electrons. The topological polar surface area (TPSA) is 71.9 Å². The highest BCUT2D eigenvalue weighted by molar-refractivity contribution is 6.84. The number of pyridine rings is 3. The summed E-state index contributed by atoms with van der Waals surface area (Å²) in [5, 5.41) is 6.96. The van der Waals surface area contributed by atoms with Crippen LogP contribution in [0.5, 0.6) is 17.2 Å². The third-order valence-electron chi connectivity index (χ3n) is 12.4. The lowest BCUT2D eigenvalue weighted by Crippen LogP contribution is -2.54. The second-order valence-corrected chi connectivity index (χ2v) is 15.5. The van der Waals surface area contributed by atoms with Crippen LogP contribution in [0.2, 0.25) is 0 Å². The van der Waals surface area contributed by atoms with Gasteiger partial charge in [-0.1, -0.05) is 109 Å². The van der Waals surface area contributed by atoms with E-state index in [2.05, 4.69) is 165 Å². The van der Waals surface area contributed by atoms with Crippen molar-refractivity contribution in [2.75, 3.05) is 0 Å². The highest BCUT2D eigenvalue weighted by Crippen LogP contribution is 2.44. The third kappa shape index (κ3) is 4.17. The van der Waals surface area contributed by atoms with Crippen molar-refractivity contribution in [3.05, 3.63) is 176 Å². The lowest BCUT2D eigenvalue weighted by atomic mass is 9.52. The van der Waals surface area contributed by atoms with E-state index >= 15 is 0 Å². The predicted molar refractivity (Wildman–Crippen MR) is 240 cm³/mol. The van der Waals surface area contributed by atoms with Crippen molar-refractivity contribution in [2.45, 2.75) is 0 Å². The Morgan fingerprint density at radius 2 is 0.900 bits per heavy atom. The van der Waals surface area contributed by atoms with Gasteiger partial charge in [-0.25, -0.2) is 15.0 Å². The van der Waals surface area contributed by atoms with Crippen LogP contribution in [0.3, 0.4) is 0 Å². The van der Waals surface area contributed by atoms with Crippen molar-refractivity contribution in [2.24, 2.45) is 0 Å².